The molecule has 33 heavy (non-hydrogen) atoms. The van der Waals surface area contributed by atoms with Gasteiger partial charge in [0, 0.05) is 20.3 Å². The fourth-order valence-electron chi connectivity index (χ4n) is 4.00. The van der Waals surface area contributed by atoms with Crippen LogP contribution in [0.3, 0.4) is 0 Å². The van der Waals surface area contributed by atoms with Crippen LogP contribution in [0.4, 0.5) is 0 Å². The summed E-state index contributed by atoms with van der Waals surface area (Å²) in [5.74, 6) is -1.69. The number of rotatable bonds is 8. The molecule has 176 valence electrons. The standard InChI is InChI=1S/C24H25Cl2NO6/c1-13-8-5-6-9-14(13)19-17(21(29)24(30)27(19)10-7-11-31-2)20(28)15-12-16(25)23(33-4)18(26)22(15)32-3/h5-6,8-9,12,19,28H,7,10-11H2,1-4H3/b20-17+. The van der Waals surface area contributed by atoms with E-state index < -0.39 is 23.5 Å². The largest absolute Gasteiger partial charge is 0.507 e. The van der Waals surface area contributed by atoms with Crippen molar-refractivity contribution >= 4 is 40.7 Å². The molecule has 1 amide bonds. The van der Waals surface area contributed by atoms with Crippen molar-refractivity contribution in [2.45, 2.75) is 19.4 Å². The maximum absolute atomic E-state index is 13.2. The van der Waals surface area contributed by atoms with Crippen molar-refractivity contribution in [3.8, 4) is 11.5 Å². The SMILES string of the molecule is COCCCN1C(=O)C(=O)/C(=C(/O)c2cc(Cl)c(OC)c(Cl)c2OC)C1c1ccccc1C. The van der Waals surface area contributed by atoms with Crippen molar-refractivity contribution in [1.82, 2.24) is 4.90 Å². The van der Waals surface area contributed by atoms with Gasteiger partial charge in [-0.3, -0.25) is 9.59 Å². The van der Waals surface area contributed by atoms with Gasteiger partial charge in [-0.1, -0.05) is 47.5 Å². The monoisotopic (exact) mass is 493 g/mol. The van der Waals surface area contributed by atoms with E-state index in [4.69, 9.17) is 37.4 Å². The predicted molar refractivity (Wildman–Crippen MR) is 126 cm³/mol. The minimum Gasteiger partial charge on any atom is -0.507 e. The molecule has 1 unspecified atom stereocenters. The fourth-order valence-corrected chi connectivity index (χ4v) is 4.69. The number of aliphatic hydroxyl groups excluding tert-OH is 1. The highest BCUT2D eigenvalue weighted by molar-refractivity contribution is 6.47. The molecule has 1 heterocycles. The molecule has 2 aromatic carbocycles. The Balaban J connectivity index is 2.27. The Labute approximate surface area is 202 Å². The maximum atomic E-state index is 13.2. The second-order valence-corrected chi connectivity index (χ2v) is 8.27. The number of methoxy groups -OCH3 is 3. The van der Waals surface area contributed by atoms with Crippen LogP contribution in [0.2, 0.25) is 10.0 Å². The highest BCUT2D eigenvalue weighted by Gasteiger charge is 2.46. The summed E-state index contributed by atoms with van der Waals surface area (Å²) in [5.41, 5.74) is 1.61. The van der Waals surface area contributed by atoms with E-state index in [0.29, 0.717) is 13.0 Å². The van der Waals surface area contributed by atoms with Gasteiger partial charge in [-0.05, 0) is 30.5 Å². The van der Waals surface area contributed by atoms with Crippen molar-refractivity contribution in [2.75, 3.05) is 34.5 Å². The van der Waals surface area contributed by atoms with E-state index in [0.717, 1.165) is 11.1 Å². The fraction of sp³-hybridized carbons (Fsp3) is 0.333. The molecule has 0 saturated carbocycles. The van der Waals surface area contributed by atoms with Gasteiger partial charge in [0.15, 0.2) is 11.5 Å². The quantitative estimate of drug-likeness (QED) is 0.246. The number of carbonyl (C=O) groups is 2. The summed E-state index contributed by atoms with van der Waals surface area (Å²) in [4.78, 5) is 27.6. The van der Waals surface area contributed by atoms with Crippen LogP contribution in [0.25, 0.3) is 5.76 Å². The van der Waals surface area contributed by atoms with E-state index in [-0.39, 0.29) is 39.2 Å². The first-order valence-electron chi connectivity index (χ1n) is 10.2. The molecule has 9 heteroatoms. The van der Waals surface area contributed by atoms with E-state index in [2.05, 4.69) is 0 Å². The zero-order chi connectivity index (χ0) is 24.3. The van der Waals surface area contributed by atoms with Crippen LogP contribution in [0.15, 0.2) is 35.9 Å². The van der Waals surface area contributed by atoms with E-state index in [1.54, 1.807) is 7.11 Å². The first kappa shape index (κ1) is 24.9. The number of halogens is 2. The first-order chi connectivity index (χ1) is 15.8. The van der Waals surface area contributed by atoms with Crippen LogP contribution in [0.5, 0.6) is 11.5 Å². The number of carbonyl (C=O) groups excluding carboxylic acids is 2. The molecule has 1 atom stereocenters. The summed E-state index contributed by atoms with van der Waals surface area (Å²) >= 11 is 12.7. The number of nitrogens with zero attached hydrogens (tertiary/aromatic N) is 1. The Morgan fingerprint density at radius 1 is 1.09 bits per heavy atom. The number of hydrogen-bond donors (Lipinski definition) is 1. The summed E-state index contributed by atoms with van der Waals surface area (Å²) in [6.45, 7) is 2.57. The highest BCUT2D eigenvalue weighted by Crippen LogP contribution is 2.47. The van der Waals surface area contributed by atoms with Gasteiger partial charge in [-0.2, -0.15) is 0 Å². The lowest BCUT2D eigenvalue weighted by molar-refractivity contribution is -0.140. The van der Waals surface area contributed by atoms with Crippen molar-refractivity contribution in [3.63, 3.8) is 0 Å². The van der Waals surface area contributed by atoms with E-state index in [1.807, 2.05) is 31.2 Å². The Kier molecular flexibility index (Phi) is 7.89. The molecule has 0 spiro atoms. The summed E-state index contributed by atoms with van der Waals surface area (Å²) in [7, 11) is 4.33. The minimum atomic E-state index is -0.803. The van der Waals surface area contributed by atoms with Gasteiger partial charge in [-0.15, -0.1) is 0 Å². The molecule has 7 nitrogen and oxygen atoms in total. The lowest BCUT2D eigenvalue weighted by atomic mass is 9.92. The number of Topliss-reactive ketones (excluding diaryl/α,β-unsaturated/α-hetero) is 1. The van der Waals surface area contributed by atoms with Crippen LogP contribution in [-0.2, 0) is 14.3 Å². The smallest absolute Gasteiger partial charge is 0.295 e. The number of benzene rings is 2. The van der Waals surface area contributed by atoms with E-state index in [1.165, 1.54) is 25.2 Å². The summed E-state index contributed by atoms with van der Waals surface area (Å²) in [6.07, 6.45) is 0.523. The second-order valence-electron chi connectivity index (χ2n) is 7.48. The van der Waals surface area contributed by atoms with Crippen LogP contribution in [0, 0.1) is 6.92 Å². The number of ether oxygens (including phenoxy) is 3. The van der Waals surface area contributed by atoms with E-state index in [9.17, 15) is 14.7 Å². The Morgan fingerprint density at radius 3 is 2.36 bits per heavy atom. The lowest BCUT2D eigenvalue weighted by Gasteiger charge is -2.26. The molecule has 0 aromatic heterocycles. The number of hydrogen-bond acceptors (Lipinski definition) is 6. The molecule has 0 bridgehead atoms. The molecule has 1 saturated heterocycles. The van der Waals surface area contributed by atoms with Crippen molar-refractivity contribution in [1.29, 1.82) is 0 Å². The minimum absolute atomic E-state index is 0.0378. The number of ketones is 1. The molecule has 0 aliphatic carbocycles. The Bertz CT molecular complexity index is 1110. The van der Waals surface area contributed by atoms with Gasteiger partial charge in [0.2, 0.25) is 0 Å². The van der Waals surface area contributed by atoms with Gasteiger partial charge in [0.05, 0.1) is 36.4 Å². The molecule has 1 aliphatic heterocycles. The summed E-state index contributed by atoms with van der Waals surface area (Å²) in [6, 6.07) is 7.99. The van der Waals surface area contributed by atoms with Gasteiger partial charge in [-0.25, -0.2) is 0 Å². The first-order valence-corrected chi connectivity index (χ1v) is 11.0. The maximum Gasteiger partial charge on any atom is 0.295 e. The molecule has 1 N–H and O–H groups in total. The van der Waals surface area contributed by atoms with Crippen molar-refractivity contribution < 1.29 is 28.9 Å². The number of aryl methyl sites for hydroxylation is 1. The zero-order valence-electron chi connectivity index (χ0n) is 18.8. The summed E-state index contributed by atoms with van der Waals surface area (Å²) in [5, 5.41) is 11.5. The van der Waals surface area contributed by atoms with Crippen LogP contribution in [-0.4, -0.2) is 56.2 Å². The second kappa shape index (κ2) is 10.5. The average Bonchev–Trinajstić information content (AvgIpc) is 3.04. The molecular formula is C24H25Cl2NO6. The Hall–Kier alpha value is -2.74. The molecule has 0 radical (unpaired) electrons. The molecule has 2 aromatic rings. The van der Waals surface area contributed by atoms with Crippen molar-refractivity contribution in [2.24, 2.45) is 0 Å². The molecule has 1 aliphatic rings. The van der Waals surface area contributed by atoms with Gasteiger partial charge >= 0.3 is 0 Å². The third-order valence-corrected chi connectivity index (χ3v) is 6.19. The van der Waals surface area contributed by atoms with Gasteiger partial charge in [0.1, 0.15) is 10.8 Å². The predicted octanol–water partition coefficient (Wildman–Crippen LogP) is 4.78. The van der Waals surface area contributed by atoms with E-state index >= 15 is 0 Å². The molecular weight excluding hydrogens is 469 g/mol. The Morgan fingerprint density at radius 2 is 1.76 bits per heavy atom. The average molecular weight is 494 g/mol. The summed E-state index contributed by atoms with van der Waals surface area (Å²) < 4.78 is 15.7. The molecule has 1 fully saturated rings. The van der Waals surface area contributed by atoms with Crippen LogP contribution < -0.4 is 9.47 Å². The lowest BCUT2D eigenvalue weighted by Crippen LogP contribution is -2.31. The zero-order valence-corrected chi connectivity index (χ0v) is 20.3. The third-order valence-electron chi connectivity index (χ3n) is 5.57. The van der Waals surface area contributed by atoms with Crippen LogP contribution in [0.1, 0.15) is 29.2 Å². The number of amides is 1. The van der Waals surface area contributed by atoms with Gasteiger partial charge < -0.3 is 24.2 Å². The van der Waals surface area contributed by atoms with Gasteiger partial charge in [0.25, 0.3) is 11.7 Å². The molecule has 3 rings (SSSR count). The third kappa shape index (κ3) is 4.53. The number of aliphatic hydroxyl groups is 1. The van der Waals surface area contributed by atoms with Crippen molar-refractivity contribution in [3.05, 3.63) is 62.6 Å². The number of likely N-dealkylation sites (tertiary alicyclic amines) is 1. The topological polar surface area (TPSA) is 85.3 Å². The van der Waals surface area contributed by atoms with Crippen LogP contribution >= 0.6 is 23.2 Å². The highest BCUT2D eigenvalue weighted by atomic mass is 35.5. The normalized spacial score (nSPS) is 17.5.